The molecular weight excluding hydrogens is 174 g/mol. The van der Waals surface area contributed by atoms with E-state index in [2.05, 4.69) is 30.4 Å². The van der Waals surface area contributed by atoms with Crippen LogP contribution in [0.5, 0.6) is 0 Å². The average molecular weight is 189 g/mol. The van der Waals surface area contributed by atoms with Crippen LogP contribution < -0.4 is 5.32 Å². The molecule has 74 valence electrons. The Labute approximate surface area is 84.3 Å². The first-order valence-corrected chi connectivity index (χ1v) is 5.04. The van der Waals surface area contributed by atoms with E-state index in [4.69, 9.17) is 0 Å². The van der Waals surface area contributed by atoms with Crippen LogP contribution in [-0.4, -0.2) is 5.91 Å². The Morgan fingerprint density at radius 2 is 2.21 bits per heavy atom. The van der Waals surface area contributed by atoms with E-state index in [9.17, 15) is 4.79 Å². The molecule has 0 saturated carbocycles. The van der Waals surface area contributed by atoms with Gasteiger partial charge in [0.25, 0.3) is 0 Å². The lowest BCUT2D eigenvalue weighted by atomic mass is 10.00. The molecule has 1 saturated heterocycles. The summed E-state index contributed by atoms with van der Waals surface area (Å²) in [7, 11) is 0. The number of rotatable bonds is 1. The zero-order valence-electron chi connectivity index (χ0n) is 8.58. The number of carbonyl (C=O) groups is 1. The minimum absolute atomic E-state index is 0.153. The molecule has 2 atom stereocenters. The second-order valence-corrected chi connectivity index (χ2v) is 4.11. The molecule has 1 heterocycles. The van der Waals surface area contributed by atoms with Crippen LogP contribution in [0.4, 0.5) is 0 Å². The summed E-state index contributed by atoms with van der Waals surface area (Å²) >= 11 is 0. The van der Waals surface area contributed by atoms with Gasteiger partial charge in [-0.3, -0.25) is 4.79 Å². The molecule has 0 aromatic heterocycles. The minimum atomic E-state index is 0.153. The first-order chi connectivity index (χ1) is 6.66. The fraction of sp³-hybridized carbons (Fsp3) is 0.417. The highest BCUT2D eigenvalue weighted by Gasteiger charge is 2.28. The fourth-order valence-electron chi connectivity index (χ4n) is 1.94. The van der Waals surface area contributed by atoms with Crippen LogP contribution in [0, 0.1) is 12.8 Å². The van der Waals surface area contributed by atoms with Crippen molar-refractivity contribution in [2.75, 3.05) is 0 Å². The van der Waals surface area contributed by atoms with Gasteiger partial charge >= 0.3 is 0 Å². The lowest BCUT2D eigenvalue weighted by molar-refractivity contribution is -0.122. The van der Waals surface area contributed by atoms with Gasteiger partial charge < -0.3 is 5.32 Å². The summed E-state index contributed by atoms with van der Waals surface area (Å²) in [6.45, 7) is 4.05. The van der Waals surface area contributed by atoms with Crippen LogP contribution in [0.15, 0.2) is 24.3 Å². The van der Waals surface area contributed by atoms with Gasteiger partial charge in [0.15, 0.2) is 0 Å². The highest BCUT2D eigenvalue weighted by Crippen LogP contribution is 2.27. The molecule has 2 nitrogen and oxygen atoms in total. The van der Waals surface area contributed by atoms with Gasteiger partial charge in [0.05, 0.1) is 6.04 Å². The number of hydrogen-bond donors (Lipinski definition) is 1. The van der Waals surface area contributed by atoms with E-state index in [-0.39, 0.29) is 17.9 Å². The van der Waals surface area contributed by atoms with Crippen LogP contribution in [0.2, 0.25) is 0 Å². The summed E-state index contributed by atoms with van der Waals surface area (Å²) in [6, 6.07) is 8.56. The molecule has 2 rings (SSSR count). The average Bonchev–Trinajstić information content (AvgIpc) is 2.47. The molecule has 1 aromatic carbocycles. The van der Waals surface area contributed by atoms with E-state index in [0.717, 1.165) is 6.42 Å². The predicted octanol–water partition coefficient (Wildman–Crippen LogP) is 2.19. The zero-order chi connectivity index (χ0) is 10.1. The van der Waals surface area contributed by atoms with E-state index >= 15 is 0 Å². The van der Waals surface area contributed by atoms with Crippen LogP contribution in [-0.2, 0) is 4.79 Å². The first kappa shape index (κ1) is 9.25. The summed E-state index contributed by atoms with van der Waals surface area (Å²) in [4.78, 5) is 11.3. The molecule has 0 bridgehead atoms. The highest BCUT2D eigenvalue weighted by atomic mass is 16.2. The fourth-order valence-corrected chi connectivity index (χ4v) is 1.94. The molecule has 0 aliphatic carbocycles. The number of aryl methyl sites for hydroxylation is 1. The van der Waals surface area contributed by atoms with Crippen molar-refractivity contribution in [3.63, 3.8) is 0 Å². The van der Waals surface area contributed by atoms with Gasteiger partial charge in [-0.2, -0.15) is 0 Å². The third-order valence-corrected chi connectivity index (χ3v) is 2.80. The number of hydrogen-bond acceptors (Lipinski definition) is 1. The second kappa shape index (κ2) is 3.45. The Kier molecular flexibility index (Phi) is 2.28. The van der Waals surface area contributed by atoms with Gasteiger partial charge in [-0.05, 0) is 18.9 Å². The lowest BCUT2D eigenvalue weighted by Crippen LogP contribution is -2.20. The van der Waals surface area contributed by atoms with E-state index in [1.807, 2.05) is 13.0 Å². The topological polar surface area (TPSA) is 29.1 Å². The molecule has 1 aromatic rings. The van der Waals surface area contributed by atoms with Crippen LogP contribution >= 0.6 is 0 Å². The Hall–Kier alpha value is -1.31. The van der Waals surface area contributed by atoms with Crippen molar-refractivity contribution in [1.29, 1.82) is 0 Å². The van der Waals surface area contributed by atoms with Crippen LogP contribution in [0.3, 0.4) is 0 Å². The number of benzene rings is 1. The van der Waals surface area contributed by atoms with Crippen molar-refractivity contribution in [3.8, 4) is 0 Å². The smallest absolute Gasteiger partial charge is 0.223 e. The Bertz CT molecular complexity index is 359. The maximum absolute atomic E-state index is 11.3. The molecule has 1 N–H and O–H groups in total. The number of nitrogens with one attached hydrogen (secondary N) is 1. The molecule has 14 heavy (non-hydrogen) atoms. The maximum Gasteiger partial charge on any atom is 0.223 e. The number of amides is 1. The Morgan fingerprint density at radius 1 is 1.43 bits per heavy atom. The molecular formula is C12H15NO. The molecule has 1 fully saturated rings. The molecule has 0 spiro atoms. The van der Waals surface area contributed by atoms with Crippen LogP contribution in [0.25, 0.3) is 0 Å². The largest absolute Gasteiger partial charge is 0.349 e. The van der Waals surface area contributed by atoms with Crippen molar-refractivity contribution >= 4 is 5.91 Å². The van der Waals surface area contributed by atoms with Gasteiger partial charge in [-0.15, -0.1) is 0 Å². The number of carbonyl (C=O) groups excluding carboxylic acids is 1. The van der Waals surface area contributed by atoms with E-state index in [1.165, 1.54) is 11.1 Å². The van der Waals surface area contributed by atoms with Gasteiger partial charge in [-0.25, -0.2) is 0 Å². The lowest BCUT2D eigenvalue weighted by Gasteiger charge is -2.10. The highest BCUT2D eigenvalue weighted by molar-refractivity contribution is 5.81. The first-order valence-electron chi connectivity index (χ1n) is 5.04. The van der Waals surface area contributed by atoms with Crippen molar-refractivity contribution in [2.24, 2.45) is 5.92 Å². The monoisotopic (exact) mass is 189 g/mol. The third kappa shape index (κ3) is 1.65. The third-order valence-electron chi connectivity index (χ3n) is 2.80. The summed E-state index contributed by atoms with van der Waals surface area (Å²) in [6.07, 6.45) is 0.919. The van der Waals surface area contributed by atoms with Crippen molar-refractivity contribution in [2.45, 2.75) is 26.3 Å². The molecule has 1 aliphatic heterocycles. The molecule has 1 unspecified atom stereocenters. The molecule has 1 aliphatic rings. The zero-order valence-corrected chi connectivity index (χ0v) is 8.58. The second-order valence-electron chi connectivity index (χ2n) is 4.11. The molecule has 0 radical (unpaired) electrons. The van der Waals surface area contributed by atoms with Crippen molar-refractivity contribution < 1.29 is 4.79 Å². The van der Waals surface area contributed by atoms with Crippen molar-refractivity contribution in [1.82, 2.24) is 5.32 Å². The van der Waals surface area contributed by atoms with Gasteiger partial charge in [0, 0.05) is 5.92 Å². The van der Waals surface area contributed by atoms with E-state index in [1.54, 1.807) is 0 Å². The van der Waals surface area contributed by atoms with Gasteiger partial charge in [0.1, 0.15) is 0 Å². The van der Waals surface area contributed by atoms with E-state index in [0.29, 0.717) is 0 Å². The molecule has 2 heteroatoms. The quantitative estimate of drug-likeness (QED) is 0.721. The summed E-state index contributed by atoms with van der Waals surface area (Å²) in [5.41, 5.74) is 2.47. The standard InChI is InChI=1S/C12H15NO/c1-8-4-3-5-10(6-8)11-7-9(2)12(14)13-11/h3-6,9,11H,7H2,1-2H3,(H,13,14)/t9?,11-/m0/s1. The maximum atomic E-state index is 11.3. The Balaban J connectivity index is 2.21. The minimum Gasteiger partial charge on any atom is -0.349 e. The summed E-state index contributed by atoms with van der Waals surface area (Å²) in [5, 5.41) is 3.01. The van der Waals surface area contributed by atoms with Crippen molar-refractivity contribution in [3.05, 3.63) is 35.4 Å². The van der Waals surface area contributed by atoms with E-state index < -0.39 is 0 Å². The van der Waals surface area contributed by atoms with Gasteiger partial charge in [0.2, 0.25) is 5.91 Å². The SMILES string of the molecule is Cc1cccc([C@@H]2CC(C)C(=O)N2)c1. The Morgan fingerprint density at radius 3 is 2.79 bits per heavy atom. The predicted molar refractivity (Wildman–Crippen MR) is 55.8 cm³/mol. The summed E-state index contributed by atoms with van der Waals surface area (Å²) in [5.74, 6) is 0.331. The van der Waals surface area contributed by atoms with Gasteiger partial charge in [-0.1, -0.05) is 36.8 Å². The molecule has 1 amide bonds. The normalized spacial score (nSPS) is 26.3. The van der Waals surface area contributed by atoms with Crippen LogP contribution in [0.1, 0.15) is 30.5 Å². The summed E-state index contributed by atoms with van der Waals surface area (Å²) < 4.78 is 0.